The second kappa shape index (κ2) is 11.7. The molecule has 1 rings (SSSR count). The molecule has 0 N–H and O–H groups in total. The monoisotopic (exact) mass is 321 g/mol. The Morgan fingerprint density at radius 2 is 1.73 bits per heavy atom. The first-order chi connectivity index (χ1) is 10.7. The molecule has 0 amide bonds. The van der Waals surface area contributed by atoms with E-state index >= 15 is 0 Å². The summed E-state index contributed by atoms with van der Waals surface area (Å²) < 4.78 is 0. The molecule has 1 aromatic rings. The van der Waals surface area contributed by atoms with Gasteiger partial charge >= 0.3 is 0 Å². The highest BCUT2D eigenvalue weighted by Gasteiger charge is 2.08. The van der Waals surface area contributed by atoms with E-state index in [1.54, 1.807) is 0 Å². The van der Waals surface area contributed by atoms with Gasteiger partial charge in [-0.3, -0.25) is 4.79 Å². The van der Waals surface area contributed by atoms with E-state index in [1.807, 2.05) is 23.9 Å². The fourth-order valence-electron chi connectivity index (χ4n) is 2.43. The van der Waals surface area contributed by atoms with Crippen LogP contribution in [0.5, 0.6) is 0 Å². The van der Waals surface area contributed by atoms with Crippen LogP contribution in [0.25, 0.3) is 0 Å². The molecule has 0 aliphatic rings. The minimum Gasteiger partial charge on any atom is -0.303 e. The Hall–Kier alpha value is -0.800. The number of benzene rings is 1. The van der Waals surface area contributed by atoms with Gasteiger partial charge in [-0.25, -0.2) is 0 Å². The molecule has 0 aliphatic carbocycles. The van der Waals surface area contributed by atoms with Gasteiger partial charge in [0.1, 0.15) is 0 Å². The van der Waals surface area contributed by atoms with Crippen LogP contribution in [-0.4, -0.2) is 36.1 Å². The van der Waals surface area contributed by atoms with Crippen molar-refractivity contribution < 1.29 is 4.79 Å². The zero-order valence-electron chi connectivity index (χ0n) is 14.4. The van der Waals surface area contributed by atoms with Crippen molar-refractivity contribution in [3.63, 3.8) is 0 Å². The van der Waals surface area contributed by atoms with Crippen molar-refractivity contribution in [1.82, 2.24) is 4.90 Å². The first-order valence-electron chi connectivity index (χ1n) is 8.69. The summed E-state index contributed by atoms with van der Waals surface area (Å²) in [5, 5.41) is 0. The van der Waals surface area contributed by atoms with Crippen molar-refractivity contribution in [1.29, 1.82) is 0 Å². The summed E-state index contributed by atoms with van der Waals surface area (Å²) in [5.74, 6) is 1.43. The molecule has 2 nitrogen and oxygen atoms in total. The number of ketones is 1. The predicted molar refractivity (Wildman–Crippen MR) is 98.0 cm³/mol. The molecule has 0 bridgehead atoms. The van der Waals surface area contributed by atoms with Gasteiger partial charge in [0.15, 0.2) is 5.78 Å². The molecule has 0 atom stereocenters. The molecule has 22 heavy (non-hydrogen) atoms. The van der Waals surface area contributed by atoms with Crippen LogP contribution < -0.4 is 0 Å². The number of rotatable bonds is 12. The standard InChI is InChI=1S/C19H31NOS/c1-4-7-8-16-22-18-11-9-17(10-12-18)19(21)13-15-20(6-3)14-5-2/h9-12H,4-8,13-16H2,1-3H3. The molecule has 124 valence electrons. The summed E-state index contributed by atoms with van der Waals surface area (Å²) in [6.07, 6.45) is 5.60. The molecule has 0 radical (unpaired) electrons. The van der Waals surface area contributed by atoms with Crippen LogP contribution in [0.2, 0.25) is 0 Å². The minimum atomic E-state index is 0.261. The molecular formula is C19H31NOS. The van der Waals surface area contributed by atoms with E-state index in [-0.39, 0.29) is 5.78 Å². The van der Waals surface area contributed by atoms with Gasteiger partial charge in [-0.1, -0.05) is 45.7 Å². The van der Waals surface area contributed by atoms with Gasteiger partial charge in [-0.15, -0.1) is 11.8 Å². The normalized spacial score (nSPS) is 11.1. The van der Waals surface area contributed by atoms with Crippen molar-refractivity contribution >= 4 is 17.5 Å². The lowest BCUT2D eigenvalue weighted by Gasteiger charge is -2.18. The summed E-state index contributed by atoms with van der Waals surface area (Å²) in [4.78, 5) is 15.9. The molecule has 0 heterocycles. The first kappa shape index (κ1) is 19.2. The van der Waals surface area contributed by atoms with E-state index in [1.165, 1.54) is 29.9 Å². The van der Waals surface area contributed by atoms with E-state index in [9.17, 15) is 4.79 Å². The molecule has 0 saturated carbocycles. The van der Waals surface area contributed by atoms with Gasteiger partial charge in [-0.2, -0.15) is 0 Å². The summed E-state index contributed by atoms with van der Waals surface area (Å²) >= 11 is 1.89. The zero-order chi connectivity index (χ0) is 16.2. The minimum absolute atomic E-state index is 0.261. The Morgan fingerprint density at radius 1 is 1.00 bits per heavy atom. The first-order valence-corrected chi connectivity index (χ1v) is 9.68. The van der Waals surface area contributed by atoms with Gasteiger partial charge < -0.3 is 4.90 Å². The van der Waals surface area contributed by atoms with Crippen LogP contribution in [0.1, 0.15) is 63.2 Å². The third-order valence-corrected chi connectivity index (χ3v) is 4.93. The number of Topliss-reactive ketones (excluding diaryl/α,β-unsaturated/α-hetero) is 1. The van der Waals surface area contributed by atoms with Crippen LogP contribution in [0.15, 0.2) is 29.2 Å². The smallest absolute Gasteiger partial charge is 0.164 e. The SMILES string of the molecule is CCCCCSc1ccc(C(=O)CCN(CC)CCC)cc1. The Morgan fingerprint density at radius 3 is 2.32 bits per heavy atom. The van der Waals surface area contributed by atoms with Crippen LogP contribution in [0.3, 0.4) is 0 Å². The summed E-state index contributed by atoms with van der Waals surface area (Å²) in [7, 11) is 0. The Kier molecular flexibility index (Phi) is 10.3. The molecule has 0 saturated heterocycles. The number of hydrogen-bond donors (Lipinski definition) is 0. The maximum Gasteiger partial charge on any atom is 0.164 e. The van der Waals surface area contributed by atoms with Gasteiger partial charge in [0.2, 0.25) is 0 Å². The fourth-order valence-corrected chi connectivity index (χ4v) is 3.34. The highest BCUT2D eigenvalue weighted by molar-refractivity contribution is 7.99. The fraction of sp³-hybridized carbons (Fsp3) is 0.632. The van der Waals surface area contributed by atoms with Crippen molar-refractivity contribution in [3.05, 3.63) is 29.8 Å². The lowest BCUT2D eigenvalue weighted by Crippen LogP contribution is -2.26. The molecular weight excluding hydrogens is 290 g/mol. The molecule has 0 aliphatic heterocycles. The maximum absolute atomic E-state index is 12.2. The van der Waals surface area contributed by atoms with Crippen LogP contribution in [0, 0.1) is 0 Å². The number of unbranched alkanes of at least 4 members (excludes halogenated alkanes) is 2. The Labute approximate surface area is 140 Å². The lowest BCUT2D eigenvalue weighted by atomic mass is 10.1. The van der Waals surface area contributed by atoms with Gasteiger partial charge in [0.25, 0.3) is 0 Å². The second-order valence-corrected chi connectivity index (χ2v) is 6.86. The second-order valence-electron chi connectivity index (χ2n) is 5.69. The molecule has 3 heteroatoms. The average Bonchev–Trinajstić information content (AvgIpc) is 2.55. The predicted octanol–water partition coefficient (Wildman–Crippen LogP) is 5.27. The summed E-state index contributed by atoms with van der Waals surface area (Å²) in [6, 6.07) is 8.15. The van der Waals surface area contributed by atoms with Crippen LogP contribution in [-0.2, 0) is 0 Å². The number of carbonyl (C=O) groups excluding carboxylic acids is 1. The van der Waals surface area contributed by atoms with Crippen molar-refractivity contribution in [2.75, 3.05) is 25.4 Å². The van der Waals surface area contributed by atoms with Gasteiger partial charge in [-0.05, 0) is 43.8 Å². The quantitative estimate of drug-likeness (QED) is 0.297. The van der Waals surface area contributed by atoms with Crippen molar-refractivity contribution in [3.8, 4) is 0 Å². The molecule has 0 unspecified atom stereocenters. The lowest BCUT2D eigenvalue weighted by molar-refractivity contribution is 0.0965. The third-order valence-electron chi connectivity index (χ3n) is 3.84. The summed E-state index contributed by atoms with van der Waals surface area (Å²) in [5.41, 5.74) is 0.852. The van der Waals surface area contributed by atoms with E-state index in [0.717, 1.165) is 31.6 Å². The molecule has 1 aromatic carbocycles. The van der Waals surface area contributed by atoms with Crippen LogP contribution >= 0.6 is 11.8 Å². The molecule has 0 aromatic heterocycles. The van der Waals surface area contributed by atoms with Crippen LogP contribution in [0.4, 0.5) is 0 Å². The summed E-state index contributed by atoms with van der Waals surface area (Å²) in [6.45, 7) is 9.54. The molecule has 0 spiro atoms. The Bertz CT molecular complexity index is 416. The van der Waals surface area contributed by atoms with E-state index < -0.39 is 0 Å². The van der Waals surface area contributed by atoms with Gasteiger partial charge in [0.05, 0.1) is 0 Å². The largest absolute Gasteiger partial charge is 0.303 e. The van der Waals surface area contributed by atoms with E-state index in [0.29, 0.717) is 6.42 Å². The Balaban J connectivity index is 2.39. The van der Waals surface area contributed by atoms with E-state index in [4.69, 9.17) is 0 Å². The van der Waals surface area contributed by atoms with Crippen molar-refractivity contribution in [2.45, 2.75) is 57.8 Å². The zero-order valence-corrected chi connectivity index (χ0v) is 15.3. The molecule has 0 fully saturated rings. The highest BCUT2D eigenvalue weighted by Crippen LogP contribution is 2.20. The van der Waals surface area contributed by atoms with Gasteiger partial charge in [0, 0.05) is 23.4 Å². The van der Waals surface area contributed by atoms with E-state index in [2.05, 4.69) is 37.8 Å². The average molecular weight is 322 g/mol. The number of carbonyl (C=O) groups is 1. The topological polar surface area (TPSA) is 20.3 Å². The third kappa shape index (κ3) is 7.46. The highest BCUT2D eigenvalue weighted by atomic mass is 32.2. The maximum atomic E-state index is 12.2. The van der Waals surface area contributed by atoms with Crippen molar-refractivity contribution in [2.24, 2.45) is 0 Å². The number of thioether (sulfide) groups is 1. The number of nitrogens with zero attached hydrogens (tertiary/aromatic N) is 1. The number of hydrogen-bond acceptors (Lipinski definition) is 3.